The molecule has 0 atom stereocenters. The van der Waals surface area contributed by atoms with E-state index < -0.39 is 0 Å². The van der Waals surface area contributed by atoms with Crippen molar-refractivity contribution < 1.29 is 0 Å². The maximum atomic E-state index is 4.35. The Hall–Kier alpha value is 1.79. The summed E-state index contributed by atoms with van der Waals surface area (Å²) in [6.07, 6.45) is 0. The van der Waals surface area contributed by atoms with E-state index in [4.69, 9.17) is 0 Å². The highest BCUT2D eigenvalue weighted by Crippen LogP contribution is 2.40. The second-order valence-electron chi connectivity index (χ2n) is 1.48. The van der Waals surface area contributed by atoms with Crippen molar-refractivity contribution in [3.05, 3.63) is 5.01 Å². The maximum Gasteiger partial charge on any atom is 0.132 e. The highest BCUT2D eigenvalue weighted by Gasteiger charge is 2.06. The van der Waals surface area contributed by atoms with E-state index in [0.29, 0.717) is 0 Å². The van der Waals surface area contributed by atoms with E-state index in [1.807, 2.05) is 6.92 Å². The molecule has 6 heteroatoms. The molecule has 0 aliphatic carbocycles. The fourth-order valence-electron chi connectivity index (χ4n) is 0.487. The van der Waals surface area contributed by atoms with Gasteiger partial charge in [0.05, 0.1) is 5.01 Å². The molecule has 0 aliphatic rings. The molecule has 0 aliphatic heterocycles. The van der Waals surface area contributed by atoms with Gasteiger partial charge in [-0.15, -0.1) is 11.3 Å². The van der Waals surface area contributed by atoms with Crippen molar-refractivity contribution in [1.82, 2.24) is 4.98 Å². The van der Waals surface area contributed by atoms with Crippen molar-refractivity contribution >= 4 is 71.6 Å². The summed E-state index contributed by atoms with van der Waals surface area (Å²) < 4.78 is 1.32. The van der Waals surface area contributed by atoms with Gasteiger partial charge in [0.2, 0.25) is 0 Å². The molecule has 0 bridgehead atoms. The first-order valence-corrected chi connectivity index (χ1v) is 9.86. The van der Waals surface area contributed by atoms with Gasteiger partial charge in [0, 0.05) is 42.4 Å². The first-order valence-electron chi connectivity index (χ1n) is 2.32. The summed E-state index contributed by atoms with van der Waals surface area (Å²) in [6.45, 7) is 2.04. The molecule has 0 radical (unpaired) electrons. The van der Waals surface area contributed by atoms with Crippen molar-refractivity contribution in [3.8, 4) is 0 Å². The fourth-order valence-corrected chi connectivity index (χ4v) is 6.15. The van der Waals surface area contributed by atoms with Crippen LogP contribution in [0.3, 0.4) is 0 Å². The summed E-state index contributed by atoms with van der Waals surface area (Å²) in [5.74, 6) is 0. The molecule has 1 aromatic heterocycles. The third kappa shape index (κ3) is 2.39. The van der Waals surface area contributed by atoms with Crippen LogP contribution < -0.4 is 0 Å². The van der Waals surface area contributed by atoms with Gasteiger partial charge >= 0.3 is 0 Å². The second-order valence-corrected chi connectivity index (χ2v) is 6.69. The van der Waals surface area contributed by atoms with E-state index in [1.54, 1.807) is 29.2 Å². The van der Waals surface area contributed by atoms with E-state index >= 15 is 0 Å². The van der Waals surface area contributed by atoms with Crippen molar-refractivity contribution in [3.63, 3.8) is 0 Å². The summed E-state index contributed by atoms with van der Waals surface area (Å²) in [5.41, 5.74) is 0. The molecule has 0 unspecified atom stereocenters. The summed E-state index contributed by atoms with van der Waals surface area (Å²) in [5, 5.41) is 2.31. The summed E-state index contributed by atoms with van der Waals surface area (Å²) in [6, 6.07) is 0. The smallest absolute Gasteiger partial charge is 0.132 e. The molecule has 1 nitrogen and oxygen atoms in total. The topological polar surface area (TPSA) is 12.9 Å². The lowest BCUT2D eigenvalue weighted by Gasteiger charge is -1.86. The molecular formula is C4H3I2NS3. The quantitative estimate of drug-likeness (QED) is 0.668. The van der Waals surface area contributed by atoms with Gasteiger partial charge in [0.15, 0.2) is 0 Å². The molecule has 0 aromatic carbocycles. The van der Waals surface area contributed by atoms with Crippen LogP contribution in [0.1, 0.15) is 5.01 Å². The van der Waals surface area contributed by atoms with Crippen LogP contribution in [-0.4, -0.2) is 4.98 Å². The molecule has 1 rings (SSSR count). The van der Waals surface area contributed by atoms with Gasteiger partial charge in [-0.25, -0.2) is 4.98 Å². The van der Waals surface area contributed by atoms with Crippen LogP contribution >= 0.6 is 71.6 Å². The Morgan fingerprint density at radius 1 is 1.40 bits per heavy atom. The van der Waals surface area contributed by atoms with E-state index in [0.717, 1.165) is 10.0 Å². The predicted molar refractivity (Wildman–Crippen MR) is 66.6 cm³/mol. The number of halogens is 2. The van der Waals surface area contributed by atoms with Gasteiger partial charge in [0.1, 0.15) is 9.24 Å². The van der Waals surface area contributed by atoms with Crippen LogP contribution in [0.2, 0.25) is 0 Å². The number of rotatable bonds is 2. The van der Waals surface area contributed by atoms with Crippen LogP contribution in [0.5, 0.6) is 0 Å². The van der Waals surface area contributed by atoms with Crippen LogP contribution in [0.25, 0.3) is 0 Å². The van der Waals surface area contributed by atoms with Crippen LogP contribution in [0.15, 0.2) is 9.24 Å². The highest BCUT2D eigenvalue weighted by molar-refractivity contribution is 14.2. The number of hydrogen-bond donors (Lipinski definition) is 0. The number of thiazole rings is 1. The molecule has 10 heavy (non-hydrogen) atoms. The van der Waals surface area contributed by atoms with E-state index in [9.17, 15) is 0 Å². The normalized spacial score (nSPS) is 10.3. The Morgan fingerprint density at radius 3 is 2.50 bits per heavy atom. The zero-order valence-corrected chi connectivity index (χ0v) is 11.7. The Kier molecular flexibility index (Phi) is 4.67. The second kappa shape index (κ2) is 4.73. The first kappa shape index (κ1) is 9.87. The Balaban J connectivity index is 2.96. The molecule has 1 aromatic rings. The number of aryl methyl sites for hydroxylation is 1. The van der Waals surface area contributed by atoms with Crippen LogP contribution in [-0.2, 0) is 0 Å². The Morgan fingerprint density at radius 2 is 2.10 bits per heavy atom. The van der Waals surface area contributed by atoms with E-state index in [-0.39, 0.29) is 0 Å². The standard InChI is InChI=1S/C4H3I2NS3/c1-2-7-3(9-5)4(8-2)10-6/h1H3. The third-order valence-electron chi connectivity index (χ3n) is 0.817. The largest absolute Gasteiger partial charge is 0.233 e. The Bertz CT molecular complexity index is 203. The number of nitrogens with zero attached hydrogens (tertiary/aromatic N) is 1. The van der Waals surface area contributed by atoms with Gasteiger partial charge < -0.3 is 0 Å². The average molecular weight is 415 g/mol. The Labute approximate surface area is 96.3 Å². The lowest BCUT2D eigenvalue weighted by molar-refractivity contribution is 1.10. The number of aromatic nitrogens is 1. The fraction of sp³-hybridized carbons (Fsp3) is 0.250. The van der Waals surface area contributed by atoms with E-state index in [2.05, 4.69) is 47.4 Å². The zero-order valence-electron chi connectivity index (χ0n) is 4.93. The molecule has 0 fully saturated rings. The van der Waals surface area contributed by atoms with E-state index in [1.165, 1.54) is 4.21 Å². The summed E-state index contributed by atoms with van der Waals surface area (Å²) >= 11 is 6.30. The van der Waals surface area contributed by atoms with Gasteiger partial charge in [-0.05, 0) is 24.8 Å². The minimum atomic E-state index is 1.15. The predicted octanol–water partition coefficient (Wildman–Crippen LogP) is 4.34. The van der Waals surface area contributed by atoms with Crippen LogP contribution in [0, 0.1) is 6.92 Å². The molecule has 0 spiro atoms. The van der Waals surface area contributed by atoms with Crippen molar-refractivity contribution in [2.45, 2.75) is 16.2 Å². The van der Waals surface area contributed by atoms with Crippen molar-refractivity contribution in [2.75, 3.05) is 0 Å². The molecule has 0 saturated carbocycles. The molecular weight excluding hydrogens is 412 g/mol. The summed E-state index contributed by atoms with van der Waals surface area (Å²) in [7, 11) is 3.43. The minimum Gasteiger partial charge on any atom is -0.233 e. The SMILES string of the molecule is Cc1nc(SI)c(SI)s1. The molecule has 1 heterocycles. The first-order chi connectivity index (χ1) is 4.77. The average Bonchev–Trinajstić information content (AvgIpc) is 2.30. The lowest BCUT2D eigenvalue weighted by atomic mass is 10.8. The number of hydrogen-bond acceptors (Lipinski definition) is 4. The minimum absolute atomic E-state index is 1.15. The van der Waals surface area contributed by atoms with Gasteiger partial charge in [-0.2, -0.15) is 0 Å². The van der Waals surface area contributed by atoms with Gasteiger partial charge in [-0.3, -0.25) is 0 Å². The lowest BCUT2D eigenvalue weighted by Crippen LogP contribution is -1.67. The van der Waals surface area contributed by atoms with Gasteiger partial charge in [0.25, 0.3) is 0 Å². The molecule has 0 N–H and O–H groups in total. The third-order valence-corrected chi connectivity index (χ3v) is 6.59. The molecule has 56 valence electrons. The molecule has 0 saturated heterocycles. The summed E-state index contributed by atoms with van der Waals surface area (Å²) in [4.78, 5) is 4.35. The maximum absolute atomic E-state index is 4.35. The highest BCUT2D eigenvalue weighted by atomic mass is 127. The van der Waals surface area contributed by atoms with Gasteiger partial charge in [-0.1, -0.05) is 0 Å². The molecule has 0 amide bonds. The zero-order chi connectivity index (χ0) is 7.56. The van der Waals surface area contributed by atoms with Crippen molar-refractivity contribution in [2.24, 2.45) is 0 Å². The van der Waals surface area contributed by atoms with Crippen molar-refractivity contribution in [1.29, 1.82) is 0 Å². The van der Waals surface area contributed by atoms with Crippen LogP contribution in [0.4, 0.5) is 0 Å². The monoisotopic (exact) mass is 415 g/mol.